The maximum absolute atomic E-state index is 13.0. The molecular formula is C17H22F3N3. The number of halogens is 3. The molecule has 0 aromatic carbocycles. The fourth-order valence-corrected chi connectivity index (χ4v) is 2.11. The standard InChI is InChI=1S/C17H22F3N3/c1-11(2)6-8-13-15(22-16(3,4)5)23-10-12(17(18,19)20)7-9-14(23)21-13/h6-11,22H,1-5H3/b8-6+. The molecule has 3 nitrogen and oxygen atoms in total. The number of hydrogen-bond donors (Lipinski definition) is 1. The Hall–Kier alpha value is -1.98. The van der Waals surface area contributed by atoms with Gasteiger partial charge in [0.2, 0.25) is 0 Å². The van der Waals surface area contributed by atoms with Crippen LogP contribution < -0.4 is 5.32 Å². The first-order valence-electron chi connectivity index (χ1n) is 7.53. The zero-order valence-corrected chi connectivity index (χ0v) is 14.0. The number of allylic oxidation sites excluding steroid dienone is 1. The number of alkyl halides is 3. The number of fused-ring (bicyclic) bond motifs is 1. The van der Waals surface area contributed by atoms with Gasteiger partial charge in [0, 0.05) is 11.7 Å². The second-order valence-electron chi connectivity index (χ2n) is 6.97. The minimum atomic E-state index is -4.38. The maximum atomic E-state index is 13.0. The molecule has 0 atom stereocenters. The number of aromatic nitrogens is 2. The van der Waals surface area contributed by atoms with Crippen LogP contribution in [0.15, 0.2) is 24.4 Å². The summed E-state index contributed by atoms with van der Waals surface area (Å²) in [5.41, 5.74) is 0.116. The quantitative estimate of drug-likeness (QED) is 0.837. The van der Waals surface area contributed by atoms with Crippen LogP contribution in [0.4, 0.5) is 19.0 Å². The number of rotatable bonds is 3. The first-order valence-corrected chi connectivity index (χ1v) is 7.53. The number of pyridine rings is 1. The van der Waals surface area contributed by atoms with Crippen molar-refractivity contribution in [2.45, 2.75) is 46.3 Å². The van der Waals surface area contributed by atoms with Gasteiger partial charge < -0.3 is 5.32 Å². The lowest BCUT2D eigenvalue weighted by atomic mass is 10.1. The Bertz CT molecular complexity index is 719. The summed E-state index contributed by atoms with van der Waals surface area (Å²) in [4.78, 5) is 4.44. The molecule has 0 unspecified atom stereocenters. The van der Waals surface area contributed by atoms with Crippen LogP contribution in [0.3, 0.4) is 0 Å². The molecule has 0 saturated heterocycles. The average molecular weight is 325 g/mol. The largest absolute Gasteiger partial charge is 0.417 e. The van der Waals surface area contributed by atoms with Crippen molar-refractivity contribution in [3.05, 3.63) is 35.7 Å². The van der Waals surface area contributed by atoms with E-state index in [1.165, 1.54) is 10.5 Å². The number of nitrogens with one attached hydrogen (secondary N) is 1. The molecule has 6 heteroatoms. The van der Waals surface area contributed by atoms with E-state index in [0.717, 1.165) is 12.3 Å². The number of imidazole rings is 1. The van der Waals surface area contributed by atoms with Crippen LogP contribution in [0.25, 0.3) is 11.7 Å². The fraction of sp³-hybridized carbons (Fsp3) is 0.471. The van der Waals surface area contributed by atoms with Gasteiger partial charge in [0.1, 0.15) is 17.2 Å². The molecule has 0 saturated carbocycles. The highest BCUT2D eigenvalue weighted by atomic mass is 19.4. The van der Waals surface area contributed by atoms with Gasteiger partial charge in [-0.15, -0.1) is 0 Å². The molecule has 0 aliphatic rings. The van der Waals surface area contributed by atoms with Gasteiger partial charge >= 0.3 is 6.18 Å². The average Bonchev–Trinajstić information content (AvgIpc) is 2.71. The van der Waals surface area contributed by atoms with Crippen molar-refractivity contribution in [2.75, 3.05) is 5.32 Å². The summed E-state index contributed by atoms with van der Waals surface area (Å²) >= 11 is 0. The van der Waals surface area contributed by atoms with Crippen molar-refractivity contribution in [1.82, 2.24) is 9.38 Å². The molecule has 23 heavy (non-hydrogen) atoms. The number of nitrogens with zero attached hydrogens (tertiary/aromatic N) is 2. The molecule has 0 aliphatic heterocycles. The SMILES string of the molecule is CC(C)/C=C/c1nc2ccc(C(F)(F)F)cn2c1NC(C)(C)C. The van der Waals surface area contributed by atoms with Crippen LogP contribution in [0, 0.1) is 5.92 Å². The molecule has 0 bridgehead atoms. The minimum Gasteiger partial charge on any atom is -0.365 e. The highest BCUT2D eigenvalue weighted by Crippen LogP contribution is 2.31. The predicted octanol–water partition coefficient (Wildman–Crippen LogP) is 5.23. The molecule has 126 valence electrons. The summed E-state index contributed by atoms with van der Waals surface area (Å²) in [6.45, 7) is 9.93. The van der Waals surface area contributed by atoms with Gasteiger partial charge in [0.15, 0.2) is 0 Å². The van der Waals surface area contributed by atoms with E-state index in [1.807, 2.05) is 46.8 Å². The van der Waals surface area contributed by atoms with Crippen molar-refractivity contribution in [3.63, 3.8) is 0 Å². The molecule has 0 radical (unpaired) electrons. The Balaban J connectivity index is 2.63. The third kappa shape index (κ3) is 4.27. The zero-order valence-electron chi connectivity index (χ0n) is 14.0. The van der Waals surface area contributed by atoms with Crippen LogP contribution in [-0.2, 0) is 6.18 Å². The van der Waals surface area contributed by atoms with Gasteiger partial charge in [-0.1, -0.05) is 19.9 Å². The van der Waals surface area contributed by atoms with Gasteiger partial charge in [-0.2, -0.15) is 13.2 Å². The van der Waals surface area contributed by atoms with Crippen molar-refractivity contribution in [1.29, 1.82) is 0 Å². The second-order valence-corrected chi connectivity index (χ2v) is 6.97. The van der Waals surface area contributed by atoms with Crippen LogP contribution in [-0.4, -0.2) is 14.9 Å². The molecule has 2 heterocycles. The van der Waals surface area contributed by atoms with E-state index >= 15 is 0 Å². The van der Waals surface area contributed by atoms with E-state index in [0.29, 0.717) is 23.1 Å². The van der Waals surface area contributed by atoms with E-state index in [2.05, 4.69) is 10.3 Å². The summed E-state index contributed by atoms with van der Waals surface area (Å²) in [6, 6.07) is 2.45. The van der Waals surface area contributed by atoms with Crippen LogP contribution in [0.2, 0.25) is 0 Å². The molecule has 0 aliphatic carbocycles. The summed E-state index contributed by atoms with van der Waals surface area (Å²) in [5, 5.41) is 3.26. The number of hydrogen-bond acceptors (Lipinski definition) is 2. The van der Waals surface area contributed by atoms with E-state index in [9.17, 15) is 13.2 Å². The highest BCUT2D eigenvalue weighted by molar-refractivity contribution is 5.67. The summed E-state index contributed by atoms with van der Waals surface area (Å²) < 4.78 is 40.4. The molecule has 2 aromatic heterocycles. The Morgan fingerprint density at radius 2 is 1.83 bits per heavy atom. The first-order chi connectivity index (χ1) is 10.5. The van der Waals surface area contributed by atoms with E-state index in [1.54, 1.807) is 0 Å². The highest BCUT2D eigenvalue weighted by Gasteiger charge is 2.31. The Kier molecular flexibility index (Phi) is 4.46. The summed E-state index contributed by atoms with van der Waals surface area (Å²) in [5.74, 6) is 0.892. The maximum Gasteiger partial charge on any atom is 0.417 e. The molecule has 1 N–H and O–H groups in total. The van der Waals surface area contributed by atoms with Crippen molar-refractivity contribution >= 4 is 17.5 Å². The van der Waals surface area contributed by atoms with Gasteiger partial charge in [0.25, 0.3) is 0 Å². The summed E-state index contributed by atoms with van der Waals surface area (Å²) in [6.07, 6.45) is 0.522. The second kappa shape index (κ2) is 5.91. The van der Waals surface area contributed by atoms with Gasteiger partial charge in [-0.05, 0) is 44.9 Å². The minimum absolute atomic E-state index is 0.301. The first kappa shape index (κ1) is 17.4. The van der Waals surface area contributed by atoms with Gasteiger partial charge in [-0.25, -0.2) is 4.98 Å². The van der Waals surface area contributed by atoms with Crippen molar-refractivity contribution in [2.24, 2.45) is 5.92 Å². The molecule has 2 rings (SSSR count). The Morgan fingerprint density at radius 3 is 2.35 bits per heavy atom. The van der Waals surface area contributed by atoms with Gasteiger partial charge in [0.05, 0.1) is 5.56 Å². The molecule has 0 amide bonds. The normalized spacial score (nSPS) is 13.4. The monoisotopic (exact) mass is 325 g/mol. The van der Waals surface area contributed by atoms with Gasteiger partial charge in [-0.3, -0.25) is 4.40 Å². The van der Waals surface area contributed by atoms with E-state index in [4.69, 9.17) is 0 Å². The third-order valence-electron chi connectivity index (χ3n) is 3.11. The topological polar surface area (TPSA) is 29.3 Å². The Morgan fingerprint density at radius 1 is 1.17 bits per heavy atom. The molecule has 0 spiro atoms. The lowest BCUT2D eigenvalue weighted by molar-refractivity contribution is -0.137. The zero-order chi connectivity index (χ0) is 17.4. The molecule has 0 fully saturated rings. The van der Waals surface area contributed by atoms with Crippen LogP contribution in [0.1, 0.15) is 45.9 Å². The lowest BCUT2D eigenvalue weighted by Gasteiger charge is -2.22. The fourth-order valence-electron chi connectivity index (χ4n) is 2.11. The van der Waals surface area contributed by atoms with Crippen molar-refractivity contribution < 1.29 is 13.2 Å². The summed E-state index contributed by atoms with van der Waals surface area (Å²) in [7, 11) is 0. The molecule has 2 aromatic rings. The number of anilines is 1. The van der Waals surface area contributed by atoms with Crippen LogP contribution >= 0.6 is 0 Å². The predicted molar refractivity (Wildman–Crippen MR) is 87.4 cm³/mol. The van der Waals surface area contributed by atoms with Crippen molar-refractivity contribution in [3.8, 4) is 0 Å². The molecular weight excluding hydrogens is 303 g/mol. The van der Waals surface area contributed by atoms with E-state index in [-0.39, 0.29) is 5.54 Å². The third-order valence-corrected chi connectivity index (χ3v) is 3.11. The van der Waals surface area contributed by atoms with E-state index < -0.39 is 11.7 Å². The van der Waals surface area contributed by atoms with Crippen LogP contribution in [0.5, 0.6) is 0 Å². The lowest BCUT2D eigenvalue weighted by Crippen LogP contribution is -2.27. The Labute approximate surface area is 134 Å². The smallest absolute Gasteiger partial charge is 0.365 e.